The third-order valence-corrected chi connectivity index (χ3v) is 3.00. The van der Waals surface area contributed by atoms with Crippen molar-refractivity contribution in [3.63, 3.8) is 0 Å². The Morgan fingerprint density at radius 3 is 2.73 bits per heavy atom. The van der Waals surface area contributed by atoms with Crippen LogP contribution in [-0.2, 0) is 9.59 Å². The number of carboxylic acid groups (broad SMARTS) is 1. The minimum Gasteiger partial charge on any atom is -0.477 e. The van der Waals surface area contributed by atoms with Crippen molar-refractivity contribution in [2.45, 2.75) is 24.9 Å². The number of halogens is 2. The van der Waals surface area contributed by atoms with E-state index in [4.69, 9.17) is 22.4 Å². The molecule has 0 aromatic rings. The molecule has 3 N–H and O–H groups in total. The van der Waals surface area contributed by atoms with E-state index in [2.05, 4.69) is 0 Å². The molecule has 1 saturated heterocycles. The molecule has 84 valence electrons. The minimum atomic E-state index is -1.17. The first-order valence-electron chi connectivity index (χ1n) is 4.24. The Morgan fingerprint density at radius 2 is 2.20 bits per heavy atom. The summed E-state index contributed by atoms with van der Waals surface area (Å²) >= 11 is 5.75. The molecule has 5 nitrogen and oxygen atoms in total. The Hall–Kier alpha value is -0.780. The maximum absolute atomic E-state index is 11.3. The van der Waals surface area contributed by atoms with E-state index in [0.29, 0.717) is 12.8 Å². The summed E-state index contributed by atoms with van der Waals surface area (Å²) in [5, 5.41) is 9.09. The van der Waals surface area contributed by atoms with E-state index >= 15 is 0 Å². The van der Waals surface area contributed by atoms with Crippen molar-refractivity contribution in [3.05, 3.63) is 10.7 Å². The van der Waals surface area contributed by atoms with Gasteiger partial charge in [0.2, 0.25) is 5.91 Å². The Bertz CT molecular complexity index is 356. The number of hydrogen-bond acceptors (Lipinski definition) is 3. The first-order valence-corrected chi connectivity index (χ1v) is 4.62. The van der Waals surface area contributed by atoms with Crippen LogP contribution in [0.2, 0.25) is 0 Å². The maximum Gasteiger partial charge on any atom is 0.353 e. The fourth-order valence-electron chi connectivity index (χ4n) is 1.89. The van der Waals surface area contributed by atoms with Crippen LogP contribution in [0.25, 0.3) is 0 Å². The summed E-state index contributed by atoms with van der Waals surface area (Å²) in [6.45, 7) is 0. The Kier molecular flexibility index (Phi) is 3.28. The van der Waals surface area contributed by atoms with E-state index in [1.165, 1.54) is 4.90 Å². The van der Waals surface area contributed by atoms with Gasteiger partial charge >= 0.3 is 5.97 Å². The second kappa shape index (κ2) is 4.00. The predicted octanol–water partition coefficient (Wildman–Crippen LogP) is 0.275. The highest BCUT2D eigenvalue weighted by molar-refractivity contribution is 6.32. The standard InChI is InChI=1S/C8H9ClN2O3.ClH/c9-3-1-2-4-5(10)7(12)11(4)6(3)8(13)14;/h4-5H,1-2,10H2,(H,13,14);1H/t4-,5+;/m0./s1. The Morgan fingerprint density at radius 1 is 1.60 bits per heavy atom. The fourth-order valence-corrected chi connectivity index (χ4v) is 2.18. The molecule has 0 spiro atoms. The molecule has 7 heteroatoms. The predicted molar refractivity (Wildman–Crippen MR) is 55.6 cm³/mol. The zero-order valence-corrected chi connectivity index (χ0v) is 9.22. The number of nitrogens with two attached hydrogens (primary N) is 1. The van der Waals surface area contributed by atoms with Crippen molar-refractivity contribution in [2.24, 2.45) is 5.73 Å². The lowest BCUT2D eigenvalue weighted by Gasteiger charge is -2.47. The number of hydrogen-bond donors (Lipinski definition) is 2. The van der Waals surface area contributed by atoms with Crippen molar-refractivity contribution >= 4 is 35.9 Å². The third-order valence-electron chi connectivity index (χ3n) is 2.63. The Balaban J connectivity index is 0.00000112. The van der Waals surface area contributed by atoms with Crippen LogP contribution in [0.15, 0.2) is 10.7 Å². The molecule has 0 aromatic heterocycles. The maximum atomic E-state index is 11.3. The van der Waals surface area contributed by atoms with Gasteiger partial charge < -0.3 is 10.8 Å². The third kappa shape index (κ3) is 1.60. The number of aliphatic carboxylic acids is 1. The van der Waals surface area contributed by atoms with Crippen molar-refractivity contribution in [2.75, 3.05) is 0 Å². The van der Waals surface area contributed by atoms with Crippen LogP contribution in [-0.4, -0.2) is 34.0 Å². The van der Waals surface area contributed by atoms with E-state index < -0.39 is 12.0 Å². The number of rotatable bonds is 1. The summed E-state index contributed by atoms with van der Waals surface area (Å²) in [7, 11) is 0. The lowest BCUT2D eigenvalue weighted by molar-refractivity contribution is -0.152. The lowest BCUT2D eigenvalue weighted by atomic mass is 9.87. The van der Waals surface area contributed by atoms with Gasteiger partial charge in [0.1, 0.15) is 11.7 Å². The molecular formula is C8H10Cl2N2O3. The zero-order chi connectivity index (χ0) is 10.5. The molecule has 2 heterocycles. The van der Waals surface area contributed by atoms with Crippen LogP contribution in [0.3, 0.4) is 0 Å². The average molecular weight is 253 g/mol. The lowest BCUT2D eigenvalue weighted by Crippen LogP contribution is -2.69. The van der Waals surface area contributed by atoms with Crippen molar-refractivity contribution < 1.29 is 14.7 Å². The van der Waals surface area contributed by atoms with E-state index in [1.54, 1.807) is 0 Å². The van der Waals surface area contributed by atoms with Crippen molar-refractivity contribution in [1.29, 1.82) is 0 Å². The molecule has 2 rings (SSSR count). The molecule has 15 heavy (non-hydrogen) atoms. The van der Waals surface area contributed by atoms with E-state index in [9.17, 15) is 9.59 Å². The minimum absolute atomic E-state index is 0. The van der Waals surface area contributed by atoms with Gasteiger partial charge in [-0.15, -0.1) is 12.4 Å². The molecule has 2 aliphatic rings. The first kappa shape index (κ1) is 12.3. The highest BCUT2D eigenvalue weighted by Crippen LogP contribution is 2.36. The van der Waals surface area contributed by atoms with Gasteiger partial charge in [-0.1, -0.05) is 11.6 Å². The largest absolute Gasteiger partial charge is 0.477 e. The summed E-state index contributed by atoms with van der Waals surface area (Å²) in [4.78, 5) is 23.3. The molecule has 2 aliphatic heterocycles. The van der Waals surface area contributed by atoms with Gasteiger partial charge in [0.05, 0.1) is 6.04 Å². The molecule has 0 radical (unpaired) electrons. The van der Waals surface area contributed by atoms with Crippen LogP contribution in [0.4, 0.5) is 0 Å². The molecule has 0 aromatic carbocycles. The van der Waals surface area contributed by atoms with Gasteiger partial charge in [-0.2, -0.15) is 0 Å². The van der Waals surface area contributed by atoms with Crippen molar-refractivity contribution in [3.8, 4) is 0 Å². The van der Waals surface area contributed by atoms with E-state index in [0.717, 1.165) is 0 Å². The number of allylic oxidation sites excluding steroid dienone is 1. The monoisotopic (exact) mass is 252 g/mol. The SMILES string of the molecule is Cl.N[C@H]1C(=O)N2C(C(=O)O)=C(Cl)CC[C@@H]12. The quantitative estimate of drug-likeness (QED) is 0.657. The van der Waals surface area contributed by atoms with Gasteiger partial charge in [-0.3, -0.25) is 9.69 Å². The van der Waals surface area contributed by atoms with Gasteiger partial charge in [-0.05, 0) is 12.8 Å². The summed E-state index contributed by atoms with van der Waals surface area (Å²) in [5.74, 6) is -1.52. The number of carbonyl (C=O) groups excluding carboxylic acids is 1. The molecular weight excluding hydrogens is 243 g/mol. The van der Waals surface area contributed by atoms with Gasteiger partial charge in [0.25, 0.3) is 0 Å². The number of carbonyl (C=O) groups is 2. The average Bonchev–Trinajstić information content (AvgIpc) is 2.15. The number of amides is 1. The summed E-state index contributed by atoms with van der Waals surface area (Å²) in [5.41, 5.74) is 5.43. The normalized spacial score (nSPS) is 29.2. The summed E-state index contributed by atoms with van der Waals surface area (Å²) in [6.07, 6.45) is 1.12. The second-order valence-electron chi connectivity index (χ2n) is 3.40. The van der Waals surface area contributed by atoms with Crippen LogP contribution < -0.4 is 5.73 Å². The molecule has 0 bridgehead atoms. The van der Waals surface area contributed by atoms with Gasteiger partial charge in [0.15, 0.2) is 0 Å². The smallest absolute Gasteiger partial charge is 0.353 e. The van der Waals surface area contributed by atoms with Crippen LogP contribution >= 0.6 is 24.0 Å². The number of nitrogens with zero attached hydrogens (tertiary/aromatic N) is 1. The van der Waals surface area contributed by atoms with Crippen LogP contribution in [0.1, 0.15) is 12.8 Å². The van der Waals surface area contributed by atoms with Crippen LogP contribution in [0.5, 0.6) is 0 Å². The van der Waals surface area contributed by atoms with Gasteiger partial charge in [0, 0.05) is 5.03 Å². The van der Waals surface area contributed by atoms with E-state index in [1.807, 2.05) is 0 Å². The second-order valence-corrected chi connectivity index (χ2v) is 3.85. The molecule has 2 atom stereocenters. The fraction of sp³-hybridized carbons (Fsp3) is 0.500. The zero-order valence-electron chi connectivity index (χ0n) is 7.64. The highest BCUT2D eigenvalue weighted by atomic mass is 35.5. The molecule has 0 saturated carbocycles. The first-order chi connectivity index (χ1) is 6.54. The van der Waals surface area contributed by atoms with Crippen LogP contribution in [0, 0.1) is 0 Å². The number of carboxylic acids is 1. The number of β-lactam (4-membered cyclic amide) rings is 1. The Labute approximate surface area is 97.3 Å². The van der Waals surface area contributed by atoms with Crippen molar-refractivity contribution in [1.82, 2.24) is 4.90 Å². The molecule has 0 aliphatic carbocycles. The topological polar surface area (TPSA) is 83.6 Å². The molecule has 1 amide bonds. The highest BCUT2D eigenvalue weighted by Gasteiger charge is 2.50. The number of fused-ring (bicyclic) bond motifs is 1. The molecule has 0 unspecified atom stereocenters. The summed E-state index contributed by atoms with van der Waals surface area (Å²) in [6, 6.07) is -0.745. The summed E-state index contributed by atoms with van der Waals surface area (Å²) < 4.78 is 0. The molecule has 1 fully saturated rings. The van der Waals surface area contributed by atoms with Gasteiger partial charge in [-0.25, -0.2) is 4.79 Å². The van der Waals surface area contributed by atoms with E-state index in [-0.39, 0.29) is 35.1 Å².